The number of hydrogen-bond acceptors (Lipinski definition) is 6. The Morgan fingerprint density at radius 3 is 2.15 bits per heavy atom. The SMILES string of the molecule is CC[C@H](C)NC(=O)[C@@H](C)N(Cc1ccc(Br)cc1)C(=O)CN(c1ccccc1)S(=O)(=O)c1ccc(OC)c(OC)c1. The third-order valence-corrected chi connectivity index (χ3v) is 9.00. The van der Waals surface area contributed by atoms with E-state index in [1.807, 2.05) is 38.1 Å². The summed E-state index contributed by atoms with van der Waals surface area (Å²) in [7, 11) is -1.37. The molecule has 3 rings (SSSR count). The minimum atomic E-state index is -4.24. The normalized spacial score (nSPS) is 12.6. The van der Waals surface area contributed by atoms with Gasteiger partial charge in [-0.1, -0.05) is 53.2 Å². The molecule has 3 aromatic rings. The first-order valence-electron chi connectivity index (χ1n) is 13.2. The van der Waals surface area contributed by atoms with Crippen LogP contribution in [0.4, 0.5) is 5.69 Å². The number of hydrogen-bond donors (Lipinski definition) is 1. The van der Waals surface area contributed by atoms with Crippen LogP contribution in [0.5, 0.6) is 11.5 Å². The predicted molar refractivity (Wildman–Crippen MR) is 163 cm³/mol. The molecule has 0 spiro atoms. The highest BCUT2D eigenvalue weighted by Crippen LogP contribution is 2.32. The first kappa shape index (κ1) is 32.0. The van der Waals surface area contributed by atoms with E-state index >= 15 is 0 Å². The van der Waals surface area contributed by atoms with Crippen LogP contribution in [0.2, 0.25) is 0 Å². The highest BCUT2D eigenvalue weighted by atomic mass is 79.9. The summed E-state index contributed by atoms with van der Waals surface area (Å²) in [6.45, 7) is 5.07. The van der Waals surface area contributed by atoms with Crippen molar-refractivity contribution in [1.82, 2.24) is 10.2 Å². The van der Waals surface area contributed by atoms with Gasteiger partial charge in [-0.2, -0.15) is 0 Å². The van der Waals surface area contributed by atoms with Gasteiger partial charge in [-0.3, -0.25) is 13.9 Å². The Labute approximate surface area is 250 Å². The molecule has 0 aliphatic carbocycles. The van der Waals surface area contributed by atoms with Gasteiger partial charge in [0.1, 0.15) is 12.6 Å². The van der Waals surface area contributed by atoms with Gasteiger partial charge >= 0.3 is 0 Å². The fourth-order valence-electron chi connectivity index (χ4n) is 4.06. The van der Waals surface area contributed by atoms with Crippen LogP contribution >= 0.6 is 15.9 Å². The van der Waals surface area contributed by atoms with E-state index in [1.54, 1.807) is 37.3 Å². The molecule has 0 fully saturated rings. The topological polar surface area (TPSA) is 105 Å². The molecule has 0 aliphatic rings. The lowest BCUT2D eigenvalue weighted by atomic mass is 10.1. The van der Waals surface area contributed by atoms with Crippen LogP contribution in [0.1, 0.15) is 32.8 Å². The zero-order valence-corrected chi connectivity index (χ0v) is 26.2. The number of rotatable bonds is 13. The summed E-state index contributed by atoms with van der Waals surface area (Å²) in [6.07, 6.45) is 0.727. The minimum Gasteiger partial charge on any atom is -0.493 e. The summed E-state index contributed by atoms with van der Waals surface area (Å²) < 4.78 is 40.5. The molecule has 2 atom stereocenters. The van der Waals surface area contributed by atoms with E-state index in [9.17, 15) is 18.0 Å². The number of amides is 2. The lowest BCUT2D eigenvalue weighted by Crippen LogP contribution is -2.52. The Morgan fingerprint density at radius 1 is 0.927 bits per heavy atom. The van der Waals surface area contributed by atoms with Gasteiger partial charge in [-0.05, 0) is 62.2 Å². The number of ether oxygens (including phenoxy) is 2. The molecule has 3 aromatic carbocycles. The van der Waals surface area contributed by atoms with Crippen molar-refractivity contribution in [2.24, 2.45) is 0 Å². The predicted octanol–water partition coefficient (Wildman–Crippen LogP) is 4.99. The second-order valence-electron chi connectivity index (χ2n) is 9.51. The number of nitrogens with zero attached hydrogens (tertiary/aromatic N) is 2. The number of benzene rings is 3. The van der Waals surface area contributed by atoms with E-state index in [2.05, 4.69) is 21.2 Å². The Hall–Kier alpha value is -3.57. The van der Waals surface area contributed by atoms with Crippen LogP contribution in [0.3, 0.4) is 0 Å². The van der Waals surface area contributed by atoms with Gasteiger partial charge in [-0.25, -0.2) is 8.42 Å². The zero-order valence-electron chi connectivity index (χ0n) is 23.8. The summed E-state index contributed by atoms with van der Waals surface area (Å²) >= 11 is 3.41. The van der Waals surface area contributed by atoms with E-state index in [4.69, 9.17) is 9.47 Å². The molecule has 0 bridgehead atoms. The van der Waals surface area contributed by atoms with Crippen molar-refractivity contribution in [3.8, 4) is 11.5 Å². The van der Waals surface area contributed by atoms with Crippen LogP contribution in [0.25, 0.3) is 0 Å². The molecular formula is C30H36BrN3O6S. The summed E-state index contributed by atoms with van der Waals surface area (Å²) in [5.74, 6) is -0.248. The van der Waals surface area contributed by atoms with Gasteiger partial charge in [-0.15, -0.1) is 0 Å². The van der Waals surface area contributed by atoms with E-state index in [1.165, 1.54) is 37.3 Å². The van der Waals surface area contributed by atoms with Gasteiger partial charge in [0, 0.05) is 23.1 Å². The Kier molecular flexibility index (Phi) is 11.2. The highest BCUT2D eigenvalue weighted by Gasteiger charge is 2.33. The Balaban J connectivity index is 2.03. The average molecular weight is 647 g/mol. The standard InChI is InChI=1S/C30H36BrN3O6S/c1-6-21(2)32-30(36)22(3)33(19-23-12-14-24(31)15-13-23)29(35)20-34(25-10-8-7-9-11-25)41(37,38)26-16-17-27(39-4)28(18-26)40-5/h7-18,21-22H,6,19-20H2,1-5H3,(H,32,36)/t21-,22+/m0/s1. The van der Waals surface area contributed by atoms with Gasteiger partial charge in [0.25, 0.3) is 10.0 Å². The summed E-state index contributed by atoms with van der Waals surface area (Å²) in [5.41, 5.74) is 1.09. The quantitative estimate of drug-likeness (QED) is 0.281. The van der Waals surface area contributed by atoms with Gasteiger partial charge in [0.2, 0.25) is 11.8 Å². The van der Waals surface area contributed by atoms with Crippen molar-refractivity contribution >= 4 is 43.5 Å². The van der Waals surface area contributed by atoms with E-state index in [0.717, 1.165) is 20.8 Å². The van der Waals surface area contributed by atoms with Crippen molar-refractivity contribution in [2.45, 2.75) is 50.7 Å². The molecular weight excluding hydrogens is 610 g/mol. The minimum absolute atomic E-state index is 0.0752. The second kappa shape index (κ2) is 14.4. The first-order valence-corrected chi connectivity index (χ1v) is 15.4. The average Bonchev–Trinajstić information content (AvgIpc) is 2.98. The van der Waals surface area contributed by atoms with Crippen LogP contribution in [0.15, 0.2) is 82.2 Å². The number of carbonyl (C=O) groups excluding carboxylic acids is 2. The Morgan fingerprint density at radius 2 is 1.56 bits per heavy atom. The van der Waals surface area contributed by atoms with E-state index in [0.29, 0.717) is 11.4 Å². The number of carbonyl (C=O) groups is 2. The van der Waals surface area contributed by atoms with Crippen LogP contribution < -0.4 is 19.1 Å². The number of halogens is 1. The van der Waals surface area contributed by atoms with Crippen LogP contribution in [-0.2, 0) is 26.2 Å². The molecule has 220 valence electrons. The maximum absolute atomic E-state index is 14.0. The summed E-state index contributed by atoms with van der Waals surface area (Å²) in [5, 5.41) is 2.93. The molecule has 9 nitrogen and oxygen atoms in total. The lowest BCUT2D eigenvalue weighted by molar-refractivity contribution is -0.139. The van der Waals surface area contributed by atoms with Gasteiger partial charge in [0.15, 0.2) is 11.5 Å². The largest absolute Gasteiger partial charge is 0.493 e. The number of nitrogens with one attached hydrogen (secondary N) is 1. The number of methoxy groups -OCH3 is 2. The third-order valence-electron chi connectivity index (χ3n) is 6.70. The van der Waals surface area contributed by atoms with Crippen LogP contribution in [0, 0.1) is 0 Å². The molecule has 2 amide bonds. The molecule has 11 heteroatoms. The van der Waals surface area contributed by atoms with E-state index < -0.39 is 28.5 Å². The molecule has 0 aromatic heterocycles. The molecule has 0 unspecified atom stereocenters. The van der Waals surface area contributed by atoms with Crippen LogP contribution in [-0.4, -0.2) is 58.0 Å². The maximum Gasteiger partial charge on any atom is 0.264 e. The molecule has 0 radical (unpaired) electrons. The summed E-state index contributed by atoms with van der Waals surface area (Å²) in [6, 6.07) is 19.1. The molecule has 0 aliphatic heterocycles. The molecule has 41 heavy (non-hydrogen) atoms. The number of para-hydroxylation sites is 1. The number of anilines is 1. The van der Waals surface area contributed by atoms with Crippen molar-refractivity contribution in [3.05, 3.63) is 82.8 Å². The van der Waals surface area contributed by atoms with Crippen molar-refractivity contribution in [2.75, 3.05) is 25.1 Å². The highest BCUT2D eigenvalue weighted by molar-refractivity contribution is 9.10. The lowest BCUT2D eigenvalue weighted by Gasteiger charge is -2.32. The Bertz CT molecular complexity index is 1430. The van der Waals surface area contributed by atoms with Crippen molar-refractivity contribution in [3.63, 3.8) is 0 Å². The molecule has 1 N–H and O–H groups in total. The fraction of sp³-hybridized carbons (Fsp3) is 0.333. The monoisotopic (exact) mass is 645 g/mol. The van der Waals surface area contributed by atoms with Gasteiger partial charge in [0.05, 0.1) is 24.8 Å². The molecule has 0 saturated heterocycles. The second-order valence-corrected chi connectivity index (χ2v) is 12.3. The van der Waals surface area contributed by atoms with Crippen molar-refractivity contribution in [1.29, 1.82) is 0 Å². The number of sulfonamides is 1. The molecule has 0 saturated carbocycles. The van der Waals surface area contributed by atoms with Gasteiger partial charge < -0.3 is 19.7 Å². The summed E-state index contributed by atoms with van der Waals surface area (Å²) in [4.78, 5) is 28.5. The molecule has 0 heterocycles. The third kappa shape index (κ3) is 8.01. The maximum atomic E-state index is 14.0. The van der Waals surface area contributed by atoms with Crippen molar-refractivity contribution < 1.29 is 27.5 Å². The van der Waals surface area contributed by atoms with E-state index in [-0.39, 0.29) is 29.1 Å². The fourth-order valence-corrected chi connectivity index (χ4v) is 5.76. The zero-order chi connectivity index (χ0) is 30.2. The smallest absolute Gasteiger partial charge is 0.264 e. The first-order chi connectivity index (χ1) is 19.5.